The summed E-state index contributed by atoms with van der Waals surface area (Å²) in [7, 11) is 1.04. The molecular formula is C48H80NO9P. The predicted molar refractivity (Wildman–Crippen MR) is 241 cm³/mol. The van der Waals surface area contributed by atoms with Gasteiger partial charge in [-0.2, -0.15) is 0 Å². The summed E-state index contributed by atoms with van der Waals surface area (Å²) in [5.74, 6) is -1.00. The number of rotatable bonds is 38. The number of unbranched alkanes of at least 4 members (excludes halogenated alkanes) is 8. The summed E-state index contributed by atoms with van der Waals surface area (Å²) in [6.45, 7) is 3.85. The molecule has 0 radical (unpaired) electrons. The molecule has 0 spiro atoms. The molecule has 0 aliphatic carbocycles. The Hall–Kier alpha value is -3.11. The number of hydrogen-bond acceptors (Lipinski definition) is 9. The summed E-state index contributed by atoms with van der Waals surface area (Å²) in [6, 6.07) is 0. The Labute approximate surface area is 358 Å². The highest BCUT2D eigenvalue weighted by Gasteiger charge is 2.21. The molecular weight excluding hydrogens is 765 g/mol. The van der Waals surface area contributed by atoms with Crippen molar-refractivity contribution in [1.82, 2.24) is 0 Å². The first-order chi connectivity index (χ1) is 28.4. The summed E-state index contributed by atoms with van der Waals surface area (Å²) in [6.07, 6.45) is 47.5. The maximum atomic E-state index is 12.7. The molecule has 336 valence electrons. The number of carbonyl (C=O) groups is 2. The number of ether oxygens (including phenoxy) is 2. The number of allylic oxidation sites excluding steroid dienone is 14. The smallest absolute Gasteiger partial charge is 0.306 e. The molecule has 0 heterocycles. The van der Waals surface area contributed by atoms with Gasteiger partial charge >= 0.3 is 11.9 Å². The maximum Gasteiger partial charge on any atom is 0.306 e. The lowest BCUT2D eigenvalue weighted by Crippen LogP contribution is -2.37. The average Bonchev–Trinajstić information content (AvgIpc) is 3.18. The molecule has 10 nitrogen and oxygen atoms in total. The second-order valence-electron chi connectivity index (χ2n) is 15.5. The van der Waals surface area contributed by atoms with Gasteiger partial charge in [-0.15, -0.1) is 0 Å². The van der Waals surface area contributed by atoms with E-state index >= 15 is 0 Å². The van der Waals surface area contributed by atoms with Crippen LogP contribution in [-0.2, 0) is 32.7 Å². The van der Waals surface area contributed by atoms with Crippen molar-refractivity contribution in [2.75, 3.05) is 47.5 Å². The van der Waals surface area contributed by atoms with E-state index in [1.54, 1.807) is 12.2 Å². The Kier molecular flexibility index (Phi) is 37.0. The zero-order chi connectivity index (χ0) is 43.7. The van der Waals surface area contributed by atoms with Crippen molar-refractivity contribution < 1.29 is 47.2 Å². The number of phosphoric ester groups is 1. The minimum Gasteiger partial charge on any atom is -0.756 e. The predicted octanol–water partition coefficient (Wildman–Crippen LogP) is 10.9. The van der Waals surface area contributed by atoms with Gasteiger partial charge in [0.15, 0.2) is 6.10 Å². The number of nitrogens with zero attached hydrogens (tertiary/aromatic N) is 1. The first kappa shape index (κ1) is 55.9. The monoisotopic (exact) mass is 846 g/mol. The molecule has 0 aromatic heterocycles. The fraction of sp³-hybridized carbons (Fsp3) is 0.625. The molecule has 0 rings (SSSR count). The topological polar surface area (TPSA) is 131 Å². The molecule has 0 aliphatic heterocycles. The van der Waals surface area contributed by atoms with Gasteiger partial charge in [0.1, 0.15) is 19.8 Å². The van der Waals surface area contributed by atoms with E-state index in [4.69, 9.17) is 18.5 Å². The zero-order valence-electron chi connectivity index (χ0n) is 37.3. The van der Waals surface area contributed by atoms with Gasteiger partial charge in [0, 0.05) is 12.8 Å². The molecule has 2 unspecified atom stereocenters. The SMILES string of the molecule is CC/C=C\C/C=C\C/C=C\C/C=C\CCCCCCC(=O)OC[C@H](COP(=O)([O-])OCC[N+](C)(C)C)OC(=O)CCC/C=C/C=C\C(O)C/C=C\C/C=C\CCCCC. The fourth-order valence-corrected chi connectivity index (χ4v) is 5.92. The Morgan fingerprint density at radius 1 is 0.644 bits per heavy atom. The molecule has 3 atom stereocenters. The van der Waals surface area contributed by atoms with E-state index in [0.717, 1.165) is 64.2 Å². The second-order valence-corrected chi connectivity index (χ2v) is 16.9. The maximum absolute atomic E-state index is 12.7. The van der Waals surface area contributed by atoms with Gasteiger partial charge < -0.3 is 33.0 Å². The standard InChI is InChI=1S/C48H80NO9P/c1-6-8-10-12-14-16-17-18-19-20-21-22-23-25-27-31-35-39-47(51)55-43-46(44-57-59(53,54)56-42-41-49(3,4)5)58-48(52)40-36-32-28-30-34-38-45(50)37-33-29-26-24-15-13-11-9-7-2/h8,10,14-16,18-19,21-22,24,28-30,33-34,38,45-46,50H,6-7,9,11-13,17,20,23,25-27,31-32,35-37,39-44H2,1-5H3/b10-8-,16-14-,19-18-,22-21-,24-15-,30-28+,33-29-,38-34-/t45?,46-/m1/s1. The quantitative estimate of drug-likeness (QED) is 0.0161. The normalized spacial score (nSPS) is 15.0. The third kappa shape index (κ3) is 42.8. The summed E-state index contributed by atoms with van der Waals surface area (Å²) in [5, 5.41) is 10.2. The Balaban J connectivity index is 4.61. The molecule has 1 N–H and O–H groups in total. The van der Waals surface area contributed by atoms with Gasteiger partial charge in [0.25, 0.3) is 7.82 Å². The van der Waals surface area contributed by atoms with Gasteiger partial charge in [-0.25, -0.2) is 0 Å². The third-order valence-electron chi connectivity index (χ3n) is 8.67. The number of likely N-dealkylation sites (N-methyl/N-ethyl adjacent to an activating group) is 1. The number of esters is 2. The Morgan fingerprint density at radius 2 is 1.20 bits per heavy atom. The number of phosphoric acid groups is 1. The van der Waals surface area contributed by atoms with Crippen LogP contribution >= 0.6 is 7.82 Å². The minimum absolute atomic E-state index is 0.0665. The van der Waals surface area contributed by atoms with Gasteiger partial charge in [0.05, 0.1) is 33.9 Å². The van der Waals surface area contributed by atoms with E-state index in [-0.39, 0.29) is 26.1 Å². The van der Waals surface area contributed by atoms with Crippen LogP contribution in [0.15, 0.2) is 97.2 Å². The summed E-state index contributed by atoms with van der Waals surface area (Å²) in [5.41, 5.74) is 0. The van der Waals surface area contributed by atoms with Gasteiger partial charge in [-0.1, -0.05) is 137 Å². The largest absolute Gasteiger partial charge is 0.756 e. The summed E-state index contributed by atoms with van der Waals surface area (Å²) in [4.78, 5) is 37.5. The van der Waals surface area contributed by atoms with Crippen molar-refractivity contribution in [1.29, 1.82) is 0 Å². The van der Waals surface area contributed by atoms with Crippen molar-refractivity contribution in [2.45, 2.75) is 148 Å². The summed E-state index contributed by atoms with van der Waals surface area (Å²) >= 11 is 0. The number of aliphatic hydroxyl groups excluding tert-OH is 1. The van der Waals surface area contributed by atoms with E-state index in [1.807, 2.05) is 39.4 Å². The average molecular weight is 846 g/mol. The molecule has 0 aromatic rings. The highest BCUT2D eigenvalue weighted by Crippen LogP contribution is 2.38. The van der Waals surface area contributed by atoms with Crippen LogP contribution < -0.4 is 4.89 Å². The number of aliphatic hydroxyl groups is 1. The lowest BCUT2D eigenvalue weighted by molar-refractivity contribution is -0.870. The van der Waals surface area contributed by atoms with E-state index in [2.05, 4.69) is 80.7 Å². The molecule has 11 heteroatoms. The van der Waals surface area contributed by atoms with E-state index in [1.165, 1.54) is 19.3 Å². The molecule has 0 aliphatic rings. The van der Waals surface area contributed by atoms with Crippen LogP contribution in [0.3, 0.4) is 0 Å². The Bertz CT molecular complexity index is 1340. The lowest BCUT2D eigenvalue weighted by Gasteiger charge is -2.28. The van der Waals surface area contributed by atoms with Crippen LogP contribution in [0.4, 0.5) is 0 Å². The number of hydrogen-bond donors (Lipinski definition) is 1. The van der Waals surface area contributed by atoms with Crippen molar-refractivity contribution >= 4 is 19.8 Å². The van der Waals surface area contributed by atoms with Crippen molar-refractivity contribution in [3.8, 4) is 0 Å². The highest BCUT2D eigenvalue weighted by molar-refractivity contribution is 7.45. The van der Waals surface area contributed by atoms with Gasteiger partial charge in [0.2, 0.25) is 0 Å². The van der Waals surface area contributed by atoms with E-state index < -0.39 is 38.6 Å². The van der Waals surface area contributed by atoms with Crippen LogP contribution in [0.2, 0.25) is 0 Å². The molecule has 0 saturated heterocycles. The van der Waals surface area contributed by atoms with E-state index in [9.17, 15) is 24.2 Å². The molecule has 59 heavy (non-hydrogen) atoms. The molecule has 0 fully saturated rings. The van der Waals surface area contributed by atoms with Crippen molar-refractivity contribution in [2.24, 2.45) is 0 Å². The highest BCUT2D eigenvalue weighted by atomic mass is 31.2. The fourth-order valence-electron chi connectivity index (χ4n) is 5.19. The molecule has 0 amide bonds. The number of carbonyl (C=O) groups excluding carboxylic acids is 2. The zero-order valence-corrected chi connectivity index (χ0v) is 38.2. The first-order valence-corrected chi connectivity index (χ1v) is 23.5. The van der Waals surface area contributed by atoms with E-state index in [0.29, 0.717) is 36.7 Å². The van der Waals surface area contributed by atoms with Crippen molar-refractivity contribution in [3.05, 3.63) is 97.2 Å². The van der Waals surface area contributed by atoms with Crippen molar-refractivity contribution in [3.63, 3.8) is 0 Å². The number of quaternary nitrogens is 1. The third-order valence-corrected chi connectivity index (χ3v) is 9.63. The summed E-state index contributed by atoms with van der Waals surface area (Å²) < 4.78 is 33.7. The van der Waals surface area contributed by atoms with Crippen LogP contribution in [0.1, 0.15) is 136 Å². The van der Waals surface area contributed by atoms with Crippen LogP contribution in [0, 0.1) is 0 Å². The van der Waals surface area contributed by atoms with Crippen LogP contribution in [0.5, 0.6) is 0 Å². The minimum atomic E-state index is -4.68. The molecule has 0 saturated carbocycles. The van der Waals surface area contributed by atoms with Crippen LogP contribution in [0.25, 0.3) is 0 Å². The molecule has 0 bridgehead atoms. The second kappa shape index (κ2) is 39.1. The lowest BCUT2D eigenvalue weighted by atomic mass is 10.1. The molecule has 0 aromatic carbocycles. The first-order valence-electron chi connectivity index (χ1n) is 22.1. The van der Waals surface area contributed by atoms with Crippen LogP contribution in [-0.4, -0.2) is 81.2 Å². The Morgan fingerprint density at radius 3 is 1.83 bits per heavy atom. The van der Waals surface area contributed by atoms with Gasteiger partial charge in [-0.05, 0) is 83.5 Å². The van der Waals surface area contributed by atoms with Gasteiger partial charge in [-0.3, -0.25) is 14.2 Å².